The molecule has 0 spiro atoms. The Morgan fingerprint density at radius 3 is 2.74 bits per heavy atom. The van der Waals surface area contributed by atoms with Crippen molar-refractivity contribution in [3.8, 4) is 5.75 Å². The van der Waals surface area contributed by atoms with E-state index in [4.69, 9.17) is 16.3 Å². The number of nitrogens with zero attached hydrogens (tertiary/aromatic N) is 1. The Hall–Kier alpha value is -3.06. The van der Waals surface area contributed by atoms with E-state index in [1.165, 1.54) is 7.11 Å². The smallest absolute Gasteiger partial charge is 0.258 e. The molecule has 0 bridgehead atoms. The van der Waals surface area contributed by atoms with E-state index in [1.54, 1.807) is 47.4 Å². The van der Waals surface area contributed by atoms with Gasteiger partial charge in [-0.1, -0.05) is 24.6 Å². The number of nitrogens with one attached hydrogen (secondary N) is 2. The highest BCUT2D eigenvalue weighted by molar-refractivity contribution is 6.31. The van der Waals surface area contributed by atoms with Crippen molar-refractivity contribution >= 4 is 35.0 Å². The maximum Gasteiger partial charge on any atom is 0.258 e. The van der Waals surface area contributed by atoms with Gasteiger partial charge in [-0.25, -0.2) is 0 Å². The maximum absolute atomic E-state index is 13.1. The van der Waals surface area contributed by atoms with E-state index in [-0.39, 0.29) is 17.7 Å². The molecule has 1 aliphatic rings. The maximum atomic E-state index is 13.1. The molecule has 1 saturated heterocycles. The molecule has 0 radical (unpaired) electrons. The first-order valence-electron chi connectivity index (χ1n) is 10.3. The molecule has 0 aromatic heterocycles. The zero-order chi connectivity index (χ0) is 22.4. The van der Waals surface area contributed by atoms with Gasteiger partial charge in [0.15, 0.2) is 0 Å². The van der Waals surface area contributed by atoms with Crippen molar-refractivity contribution in [2.75, 3.05) is 25.5 Å². The van der Waals surface area contributed by atoms with E-state index in [0.29, 0.717) is 53.5 Å². The van der Waals surface area contributed by atoms with Gasteiger partial charge < -0.3 is 20.3 Å². The van der Waals surface area contributed by atoms with Gasteiger partial charge in [-0.05, 0) is 55.7 Å². The lowest BCUT2D eigenvalue weighted by molar-refractivity contribution is -0.119. The zero-order valence-electron chi connectivity index (χ0n) is 17.6. The number of hydrogen-bond donors (Lipinski definition) is 2. The van der Waals surface area contributed by atoms with Crippen molar-refractivity contribution in [1.29, 1.82) is 0 Å². The molecule has 2 N–H and O–H groups in total. The third kappa shape index (κ3) is 5.35. The zero-order valence-corrected chi connectivity index (χ0v) is 18.4. The summed E-state index contributed by atoms with van der Waals surface area (Å²) in [5, 5.41) is 6.07. The number of halogens is 1. The molecule has 31 heavy (non-hydrogen) atoms. The quantitative estimate of drug-likeness (QED) is 0.682. The van der Waals surface area contributed by atoms with Gasteiger partial charge in [0, 0.05) is 29.4 Å². The van der Waals surface area contributed by atoms with Crippen molar-refractivity contribution in [3.05, 3.63) is 58.6 Å². The van der Waals surface area contributed by atoms with Crippen molar-refractivity contribution in [1.82, 2.24) is 10.2 Å². The summed E-state index contributed by atoms with van der Waals surface area (Å²) in [7, 11) is 1.48. The fourth-order valence-corrected chi connectivity index (χ4v) is 3.76. The fourth-order valence-electron chi connectivity index (χ4n) is 3.59. The van der Waals surface area contributed by atoms with Gasteiger partial charge in [0.05, 0.1) is 12.7 Å². The molecule has 0 saturated carbocycles. The molecule has 7 nitrogen and oxygen atoms in total. The second-order valence-corrected chi connectivity index (χ2v) is 7.76. The number of methoxy groups -OCH3 is 1. The Labute approximate surface area is 186 Å². The van der Waals surface area contributed by atoms with Crippen LogP contribution in [-0.4, -0.2) is 48.9 Å². The highest BCUT2D eigenvalue weighted by Gasteiger charge is 2.35. The van der Waals surface area contributed by atoms with Crippen LogP contribution in [0.2, 0.25) is 5.02 Å². The summed E-state index contributed by atoms with van der Waals surface area (Å²) < 4.78 is 5.29. The minimum atomic E-state index is -0.617. The van der Waals surface area contributed by atoms with Gasteiger partial charge in [-0.2, -0.15) is 0 Å². The Balaban J connectivity index is 1.74. The number of amides is 3. The third-order valence-corrected chi connectivity index (χ3v) is 5.37. The number of likely N-dealkylation sites (tertiary alicyclic amines) is 1. The number of rotatable bonds is 7. The molecule has 1 unspecified atom stereocenters. The molecule has 164 valence electrons. The Bertz CT molecular complexity index is 979. The number of carbonyl (C=O) groups excluding carboxylic acids is 3. The summed E-state index contributed by atoms with van der Waals surface area (Å²) >= 11 is 6.06. The highest BCUT2D eigenvalue weighted by Crippen LogP contribution is 2.28. The van der Waals surface area contributed by atoms with Crippen LogP contribution in [0.15, 0.2) is 42.5 Å². The summed E-state index contributed by atoms with van der Waals surface area (Å²) in [6.45, 7) is 3.03. The third-order valence-electron chi connectivity index (χ3n) is 5.14. The van der Waals surface area contributed by atoms with E-state index >= 15 is 0 Å². The van der Waals surface area contributed by atoms with E-state index in [9.17, 15) is 14.4 Å². The molecule has 0 aliphatic carbocycles. The largest absolute Gasteiger partial charge is 0.496 e. The van der Waals surface area contributed by atoms with Crippen molar-refractivity contribution in [3.63, 3.8) is 0 Å². The average Bonchev–Trinajstić information content (AvgIpc) is 3.27. The molecular weight excluding hydrogens is 418 g/mol. The number of hydrogen-bond acceptors (Lipinski definition) is 4. The van der Waals surface area contributed by atoms with Crippen molar-refractivity contribution < 1.29 is 19.1 Å². The van der Waals surface area contributed by atoms with Gasteiger partial charge in [0.25, 0.3) is 11.8 Å². The highest BCUT2D eigenvalue weighted by atomic mass is 35.5. The minimum Gasteiger partial charge on any atom is -0.496 e. The second-order valence-electron chi connectivity index (χ2n) is 7.33. The topological polar surface area (TPSA) is 87.7 Å². The molecule has 1 aliphatic heterocycles. The standard InChI is InChI=1S/C23H26ClN3O4/c1-3-11-25-21(28)15-6-4-7-17(13-15)26-22(29)19-8-5-12-27(19)23(30)18-14-16(24)9-10-20(18)31-2/h4,6-7,9-10,13-14,19H,3,5,8,11-12H2,1-2H3,(H,25,28)(H,26,29). The van der Waals surface area contributed by atoms with Crippen LogP contribution in [0.1, 0.15) is 46.9 Å². The van der Waals surface area contributed by atoms with Crippen molar-refractivity contribution in [2.24, 2.45) is 0 Å². The summed E-state index contributed by atoms with van der Waals surface area (Å²) in [4.78, 5) is 39.8. The van der Waals surface area contributed by atoms with Crippen LogP contribution in [0.5, 0.6) is 5.75 Å². The molecule has 1 fully saturated rings. The van der Waals surface area contributed by atoms with Crippen molar-refractivity contribution in [2.45, 2.75) is 32.2 Å². The van der Waals surface area contributed by atoms with Gasteiger partial charge in [-0.3, -0.25) is 14.4 Å². The van der Waals surface area contributed by atoms with Crippen LogP contribution in [-0.2, 0) is 4.79 Å². The van der Waals surface area contributed by atoms with Crippen LogP contribution < -0.4 is 15.4 Å². The molecule has 1 atom stereocenters. The van der Waals surface area contributed by atoms with Crippen LogP contribution in [0.25, 0.3) is 0 Å². The average molecular weight is 444 g/mol. The fraction of sp³-hybridized carbons (Fsp3) is 0.348. The van der Waals surface area contributed by atoms with Crippen LogP contribution in [0.3, 0.4) is 0 Å². The first kappa shape index (κ1) is 22.6. The Kier molecular flexibility index (Phi) is 7.52. The van der Waals surface area contributed by atoms with Crippen LogP contribution in [0.4, 0.5) is 5.69 Å². The predicted octanol–water partition coefficient (Wildman–Crippen LogP) is 3.73. The van der Waals surface area contributed by atoms with Gasteiger partial charge in [0.2, 0.25) is 5.91 Å². The van der Waals surface area contributed by atoms with Crippen LogP contribution in [0, 0.1) is 0 Å². The Morgan fingerprint density at radius 1 is 1.19 bits per heavy atom. The number of benzene rings is 2. The summed E-state index contributed by atoms with van der Waals surface area (Å²) in [5.41, 5.74) is 1.30. The first-order chi connectivity index (χ1) is 14.9. The molecule has 2 aromatic rings. The lowest BCUT2D eigenvalue weighted by atomic mass is 10.1. The minimum absolute atomic E-state index is 0.191. The number of anilines is 1. The van der Waals surface area contributed by atoms with E-state index in [2.05, 4.69) is 10.6 Å². The van der Waals surface area contributed by atoms with Gasteiger partial charge >= 0.3 is 0 Å². The Morgan fingerprint density at radius 2 is 2.00 bits per heavy atom. The number of ether oxygens (including phenoxy) is 1. The summed E-state index contributed by atoms with van der Waals surface area (Å²) in [6, 6.07) is 11.0. The van der Waals surface area contributed by atoms with E-state index < -0.39 is 6.04 Å². The van der Waals surface area contributed by atoms with Gasteiger partial charge in [0.1, 0.15) is 11.8 Å². The molecule has 1 heterocycles. The predicted molar refractivity (Wildman–Crippen MR) is 120 cm³/mol. The molecule has 8 heteroatoms. The second kappa shape index (κ2) is 10.3. The van der Waals surface area contributed by atoms with Gasteiger partial charge in [-0.15, -0.1) is 0 Å². The van der Waals surface area contributed by atoms with E-state index in [1.807, 2.05) is 6.92 Å². The SMILES string of the molecule is CCCNC(=O)c1cccc(NC(=O)C2CCCN2C(=O)c2cc(Cl)ccc2OC)c1. The summed E-state index contributed by atoms with van der Waals surface area (Å²) in [6.07, 6.45) is 2.11. The molecule has 3 amide bonds. The normalized spacial score (nSPS) is 15.5. The lowest BCUT2D eigenvalue weighted by Crippen LogP contribution is -2.43. The first-order valence-corrected chi connectivity index (χ1v) is 10.7. The number of carbonyl (C=O) groups is 3. The van der Waals surface area contributed by atoms with E-state index in [0.717, 1.165) is 6.42 Å². The lowest BCUT2D eigenvalue weighted by Gasteiger charge is -2.25. The molecule has 2 aromatic carbocycles. The molecule has 3 rings (SSSR count). The monoisotopic (exact) mass is 443 g/mol. The molecular formula is C23H26ClN3O4. The van der Waals surface area contributed by atoms with Crippen LogP contribution >= 0.6 is 11.6 Å². The summed E-state index contributed by atoms with van der Waals surface area (Å²) in [5.74, 6) is -0.377.